The Morgan fingerprint density at radius 3 is 0.773 bits per heavy atom. The van der Waals surface area contributed by atoms with E-state index in [-0.39, 0.29) is 109 Å². The molecule has 0 atom stereocenters. The molecule has 4 nitrogen and oxygen atoms in total. The average molecular weight is 558 g/mol. The van der Waals surface area contributed by atoms with Crippen molar-refractivity contribution >= 4 is 46.1 Å². The van der Waals surface area contributed by atoms with Crippen LogP contribution in [-0.4, -0.2) is 128 Å². The van der Waals surface area contributed by atoms with E-state index in [1.165, 1.54) is 39.3 Å². The second-order valence-electron chi connectivity index (χ2n) is 5.87. The average Bonchev–Trinajstić information content (AvgIpc) is 2.15. The van der Waals surface area contributed by atoms with Crippen molar-refractivity contribution in [1.29, 1.82) is 0 Å². The van der Waals surface area contributed by atoms with Gasteiger partial charge in [0.1, 0.15) is 39.3 Å². The summed E-state index contributed by atoms with van der Waals surface area (Å²) in [6.07, 6.45) is 0. The Morgan fingerprint density at radius 2 is 0.636 bits per heavy atom. The third-order valence-corrected chi connectivity index (χ3v) is 2.94. The molecule has 0 saturated carbocycles. The number of hydrogen-bond donors (Lipinski definition) is 4. The summed E-state index contributed by atoms with van der Waals surface area (Å²) in [5.41, 5.74) is 0. The third-order valence-electron chi connectivity index (χ3n) is 2.94. The zero-order chi connectivity index (χ0) is 12.6. The third kappa shape index (κ3) is 34.4. The minimum Gasteiger partial charge on any atom is -1.00 e. The Bertz CT molecular complexity index is 156. The first-order chi connectivity index (χ1) is 7.41. The van der Waals surface area contributed by atoms with Crippen LogP contribution in [0.3, 0.4) is 0 Å². The molecule has 4 N–H and O–H groups in total. The van der Waals surface area contributed by atoms with E-state index in [9.17, 15) is 0 Å². The number of nitrogens with one attached hydrogen (secondary N) is 4. The summed E-state index contributed by atoms with van der Waals surface area (Å²) in [6, 6.07) is 0. The van der Waals surface area contributed by atoms with Gasteiger partial charge in [-0.25, -0.2) is 0 Å². The van der Waals surface area contributed by atoms with Gasteiger partial charge < -0.3 is 83.0 Å². The van der Waals surface area contributed by atoms with Gasteiger partial charge in [0, 0.05) is 0 Å². The largest absolute Gasteiger partial charge is 2.00 e. The maximum absolute atomic E-state index is 2.24. The van der Waals surface area contributed by atoms with Crippen molar-refractivity contribution in [3.05, 3.63) is 0 Å². The molecule has 0 spiro atoms. The Balaban J connectivity index is -0.0000000750. The molecular formula is C12H34Br3ClMg2N4+4. The van der Waals surface area contributed by atoms with Gasteiger partial charge >= 0.3 is 46.1 Å². The fraction of sp³-hybridized carbons (Fsp3) is 1.00. The van der Waals surface area contributed by atoms with Gasteiger partial charge in [-0.2, -0.15) is 0 Å². The number of quaternary nitrogens is 4. The minimum absolute atomic E-state index is 0. The van der Waals surface area contributed by atoms with E-state index in [0.717, 1.165) is 0 Å². The molecule has 0 aromatic rings. The van der Waals surface area contributed by atoms with E-state index in [4.69, 9.17) is 0 Å². The number of rotatable bonds is 9. The molecule has 0 saturated heterocycles. The quantitative estimate of drug-likeness (QED) is 0.202. The van der Waals surface area contributed by atoms with Gasteiger partial charge in [-0.1, -0.05) is 0 Å². The first-order valence-corrected chi connectivity index (χ1v) is 6.62. The van der Waals surface area contributed by atoms with Crippen molar-refractivity contribution in [3.63, 3.8) is 0 Å². The molecule has 0 aliphatic heterocycles. The van der Waals surface area contributed by atoms with E-state index < -0.39 is 0 Å². The standard InChI is InChI=1S/C12H30N4.3BrH.ClH.2Mg/c1-13(2)7-10-16(11-8-14(3)4)12-9-15(5)6;;;;;;/h7-12H2,1-6H3;4*1H;;/q;;;;;2*+2. The normalized spacial score (nSPS) is 9.00. The smallest absolute Gasteiger partial charge is 1.00 e. The first kappa shape index (κ1) is 44.5. The van der Waals surface area contributed by atoms with Crippen LogP contribution < -0.4 is 83.0 Å². The number of halogens is 4. The van der Waals surface area contributed by atoms with Crippen LogP contribution in [0.25, 0.3) is 0 Å². The van der Waals surface area contributed by atoms with Crippen LogP contribution >= 0.6 is 0 Å². The van der Waals surface area contributed by atoms with Gasteiger partial charge in [0.15, 0.2) is 0 Å². The van der Waals surface area contributed by atoms with Crippen LogP contribution in [0, 0.1) is 0 Å². The summed E-state index contributed by atoms with van der Waals surface area (Å²) in [7, 11) is 13.5. The number of likely N-dealkylation sites (N-methyl/N-ethyl adjacent to an activating group) is 3. The molecule has 10 heteroatoms. The minimum atomic E-state index is 0. The molecule has 130 valence electrons. The molecule has 0 aromatic carbocycles. The summed E-state index contributed by atoms with van der Waals surface area (Å²) in [6.45, 7) is 7.76. The van der Waals surface area contributed by atoms with E-state index in [0.29, 0.717) is 0 Å². The van der Waals surface area contributed by atoms with Crippen molar-refractivity contribution in [2.24, 2.45) is 0 Å². The van der Waals surface area contributed by atoms with Gasteiger partial charge in [0.2, 0.25) is 0 Å². The topological polar surface area (TPSA) is 17.8 Å². The molecule has 0 heterocycles. The van der Waals surface area contributed by atoms with Crippen molar-refractivity contribution in [3.8, 4) is 0 Å². The fourth-order valence-electron chi connectivity index (χ4n) is 1.66. The summed E-state index contributed by atoms with van der Waals surface area (Å²) < 4.78 is 0. The van der Waals surface area contributed by atoms with E-state index in [2.05, 4.69) is 42.3 Å². The monoisotopic (exact) mass is 554 g/mol. The van der Waals surface area contributed by atoms with Crippen LogP contribution in [0.2, 0.25) is 0 Å². The van der Waals surface area contributed by atoms with E-state index in [1.54, 1.807) is 19.6 Å². The van der Waals surface area contributed by atoms with Gasteiger partial charge in [0.25, 0.3) is 0 Å². The maximum atomic E-state index is 2.24. The summed E-state index contributed by atoms with van der Waals surface area (Å²) in [5, 5.41) is 0. The molecule has 0 radical (unpaired) electrons. The molecule has 0 fully saturated rings. The molecule has 0 amide bonds. The van der Waals surface area contributed by atoms with Crippen molar-refractivity contribution < 1.29 is 83.0 Å². The van der Waals surface area contributed by atoms with Crippen molar-refractivity contribution in [1.82, 2.24) is 0 Å². The maximum Gasteiger partial charge on any atom is 2.00 e. The van der Waals surface area contributed by atoms with Gasteiger partial charge in [-0.05, 0) is 0 Å². The molecule has 22 heavy (non-hydrogen) atoms. The molecule has 0 aliphatic carbocycles. The summed E-state index contributed by atoms with van der Waals surface area (Å²) in [5.74, 6) is 0. The van der Waals surface area contributed by atoms with Gasteiger partial charge in [0.05, 0.1) is 42.3 Å². The van der Waals surface area contributed by atoms with Crippen LogP contribution in [0.15, 0.2) is 0 Å². The summed E-state index contributed by atoms with van der Waals surface area (Å²) >= 11 is 0. The first-order valence-electron chi connectivity index (χ1n) is 6.62. The van der Waals surface area contributed by atoms with Gasteiger partial charge in [-0.15, -0.1) is 0 Å². The van der Waals surface area contributed by atoms with Crippen LogP contribution in [0.5, 0.6) is 0 Å². The molecule has 0 aromatic heterocycles. The van der Waals surface area contributed by atoms with Crippen molar-refractivity contribution in [2.75, 3.05) is 81.6 Å². The molecule has 0 bridgehead atoms. The zero-order valence-electron chi connectivity index (χ0n) is 15.2. The second-order valence-corrected chi connectivity index (χ2v) is 5.87. The Kier molecular flexibility index (Phi) is 58.4. The van der Waals surface area contributed by atoms with Crippen molar-refractivity contribution in [2.45, 2.75) is 0 Å². The predicted molar refractivity (Wildman–Crippen MR) is 80.1 cm³/mol. The van der Waals surface area contributed by atoms with E-state index in [1.807, 2.05) is 0 Å². The molecule has 0 aliphatic rings. The Morgan fingerprint density at radius 1 is 0.455 bits per heavy atom. The van der Waals surface area contributed by atoms with E-state index >= 15 is 0 Å². The SMILES string of the molecule is C[NH+](C)CC[NH+](CC[NH+](C)C)CC[NH+](C)C.[Br-].[Br-].[Br-].[Cl-].[Mg+2].[Mg+2]. The van der Waals surface area contributed by atoms with Crippen LogP contribution in [-0.2, 0) is 0 Å². The zero-order valence-corrected chi connectivity index (χ0v) is 23.5. The predicted octanol–water partition coefficient (Wildman–Crippen LogP) is -18.4. The molecular weight excluding hydrogens is 524 g/mol. The van der Waals surface area contributed by atoms with Crippen LogP contribution in [0.1, 0.15) is 0 Å². The Hall–Kier alpha value is 3.10. The number of hydrogen-bond acceptors (Lipinski definition) is 0. The Labute approximate surface area is 208 Å². The van der Waals surface area contributed by atoms with Gasteiger partial charge in [-0.3, -0.25) is 0 Å². The molecule has 0 unspecified atom stereocenters. The fourth-order valence-corrected chi connectivity index (χ4v) is 1.66. The van der Waals surface area contributed by atoms with Crippen LogP contribution in [0.4, 0.5) is 0 Å². The molecule has 0 rings (SSSR count). The summed E-state index contributed by atoms with van der Waals surface area (Å²) in [4.78, 5) is 6.45. The second kappa shape index (κ2) is 28.9.